The first-order valence-electron chi connectivity index (χ1n) is 8.68. The molecule has 2 aliphatic heterocycles. The van der Waals surface area contributed by atoms with Crippen LogP contribution in [0.3, 0.4) is 0 Å². The Morgan fingerprint density at radius 1 is 1.24 bits per heavy atom. The third-order valence-corrected chi connectivity index (χ3v) is 8.06. The van der Waals surface area contributed by atoms with Crippen LogP contribution in [-0.2, 0) is 14.8 Å². The highest BCUT2D eigenvalue weighted by Gasteiger charge is 2.43. The van der Waals surface area contributed by atoms with Crippen molar-refractivity contribution in [1.29, 1.82) is 0 Å². The molecule has 5 nitrogen and oxygen atoms in total. The molecule has 0 spiro atoms. The first-order valence-corrected chi connectivity index (χ1v) is 10.9. The molecular weight excluding hydrogens is 383 g/mol. The molecule has 1 aromatic carbocycles. The van der Waals surface area contributed by atoms with E-state index < -0.39 is 10.0 Å². The molecule has 4 rings (SSSR count). The van der Waals surface area contributed by atoms with Crippen LogP contribution >= 0.6 is 23.2 Å². The number of hydrogen-bond acceptors (Lipinski definition) is 4. The molecule has 0 radical (unpaired) electrons. The Morgan fingerprint density at radius 3 is 2.72 bits per heavy atom. The monoisotopic (exact) mass is 404 g/mol. The number of nitrogens with one attached hydrogen (secondary N) is 1. The fourth-order valence-electron chi connectivity index (χ4n) is 3.87. The van der Waals surface area contributed by atoms with Crippen LogP contribution in [0.4, 0.5) is 0 Å². The quantitative estimate of drug-likeness (QED) is 0.837. The van der Waals surface area contributed by atoms with Gasteiger partial charge in [0.1, 0.15) is 4.90 Å². The summed E-state index contributed by atoms with van der Waals surface area (Å²) in [4.78, 5) is 2.46. The average Bonchev–Trinajstić information content (AvgIpc) is 3.32. The van der Waals surface area contributed by atoms with Gasteiger partial charge in [0.15, 0.2) is 0 Å². The van der Waals surface area contributed by atoms with Gasteiger partial charge in [-0.3, -0.25) is 4.90 Å². The molecule has 138 valence electrons. The van der Waals surface area contributed by atoms with Crippen molar-refractivity contribution in [3.05, 3.63) is 27.7 Å². The van der Waals surface area contributed by atoms with Gasteiger partial charge in [0.2, 0.25) is 10.0 Å². The van der Waals surface area contributed by atoms with E-state index in [4.69, 9.17) is 27.9 Å². The van der Waals surface area contributed by atoms with Crippen molar-refractivity contribution in [2.24, 2.45) is 5.92 Å². The fraction of sp³-hybridized carbons (Fsp3) is 0.647. The summed E-state index contributed by atoms with van der Waals surface area (Å²) in [5.74, 6) is 0.701. The SMILES string of the molecule is Cc1c(Cl)ccc(S(=O)(=O)N[C@@H]2C[C@H]3CO[C@@H](C4CC4)CN3C2)c1Cl. The maximum absolute atomic E-state index is 12.8. The molecule has 0 bridgehead atoms. The zero-order valence-corrected chi connectivity index (χ0v) is 16.4. The van der Waals surface area contributed by atoms with Crippen LogP contribution in [0.15, 0.2) is 17.0 Å². The molecule has 25 heavy (non-hydrogen) atoms. The van der Waals surface area contributed by atoms with Gasteiger partial charge in [0.05, 0.1) is 17.7 Å². The molecule has 3 fully saturated rings. The van der Waals surface area contributed by atoms with Crippen molar-refractivity contribution in [1.82, 2.24) is 9.62 Å². The average molecular weight is 405 g/mol. The summed E-state index contributed by atoms with van der Waals surface area (Å²) in [6.45, 7) is 4.05. The number of halogens is 2. The van der Waals surface area contributed by atoms with Gasteiger partial charge in [-0.2, -0.15) is 0 Å². The van der Waals surface area contributed by atoms with Crippen LogP contribution in [-0.4, -0.2) is 51.2 Å². The van der Waals surface area contributed by atoms with Crippen LogP contribution < -0.4 is 4.72 Å². The number of hydrogen-bond donors (Lipinski definition) is 1. The summed E-state index contributed by atoms with van der Waals surface area (Å²) in [6, 6.07) is 3.21. The molecule has 0 aromatic heterocycles. The molecule has 1 aliphatic carbocycles. The smallest absolute Gasteiger partial charge is 0.242 e. The van der Waals surface area contributed by atoms with Gasteiger partial charge in [-0.1, -0.05) is 23.2 Å². The van der Waals surface area contributed by atoms with Crippen LogP contribution in [0.5, 0.6) is 0 Å². The van der Waals surface area contributed by atoms with Crippen LogP contribution in [0.2, 0.25) is 10.0 Å². The van der Waals surface area contributed by atoms with E-state index >= 15 is 0 Å². The maximum atomic E-state index is 12.8. The second-order valence-electron chi connectivity index (χ2n) is 7.36. The Hall–Kier alpha value is -0.370. The molecular formula is C17H22Cl2N2O3S. The normalized spacial score (nSPS) is 30.4. The Bertz CT molecular complexity index is 782. The lowest BCUT2D eigenvalue weighted by Crippen LogP contribution is -2.47. The third kappa shape index (κ3) is 3.57. The van der Waals surface area contributed by atoms with Crippen LogP contribution in [0.25, 0.3) is 0 Å². The number of fused-ring (bicyclic) bond motifs is 1. The summed E-state index contributed by atoms with van der Waals surface area (Å²) in [5, 5.41) is 0.651. The number of benzene rings is 1. The molecule has 3 atom stereocenters. The molecule has 2 saturated heterocycles. The summed E-state index contributed by atoms with van der Waals surface area (Å²) >= 11 is 12.2. The third-order valence-electron chi connectivity index (χ3n) is 5.49. The lowest BCUT2D eigenvalue weighted by atomic mass is 10.1. The highest BCUT2D eigenvalue weighted by atomic mass is 35.5. The number of rotatable bonds is 4. The van der Waals surface area contributed by atoms with E-state index in [9.17, 15) is 8.42 Å². The number of morpholine rings is 1. The maximum Gasteiger partial charge on any atom is 0.242 e. The van der Waals surface area contributed by atoms with Crippen LogP contribution in [0.1, 0.15) is 24.8 Å². The van der Waals surface area contributed by atoms with Gasteiger partial charge in [0.25, 0.3) is 0 Å². The van der Waals surface area contributed by atoms with Crippen molar-refractivity contribution >= 4 is 33.2 Å². The van der Waals surface area contributed by atoms with Crippen LogP contribution in [0, 0.1) is 12.8 Å². The van der Waals surface area contributed by atoms with Gasteiger partial charge in [-0.15, -0.1) is 0 Å². The van der Waals surface area contributed by atoms with Gasteiger partial charge in [-0.05, 0) is 49.8 Å². The topological polar surface area (TPSA) is 58.6 Å². The minimum absolute atomic E-state index is 0.0908. The zero-order valence-electron chi connectivity index (χ0n) is 14.0. The molecule has 3 aliphatic rings. The van der Waals surface area contributed by atoms with E-state index in [0.717, 1.165) is 19.5 Å². The summed E-state index contributed by atoms with van der Waals surface area (Å²) in [7, 11) is -3.68. The van der Waals surface area contributed by atoms with E-state index in [0.29, 0.717) is 35.3 Å². The molecule has 1 saturated carbocycles. The van der Waals surface area contributed by atoms with Crippen molar-refractivity contribution in [3.63, 3.8) is 0 Å². The van der Waals surface area contributed by atoms with E-state index in [1.54, 1.807) is 13.0 Å². The first kappa shape index (κ1) is 18.0. The molecule has 0 unspecified atom stereocenters. The predicted octanol–water partition coefficient (Wildman–Crippen LogP) is 2.83. The molecule has 8 heteroatoms. The Labute approximate surface area is 158 Å². The largest absolute Gasteiger partial charge is 0.375 e. The Morgan fingerprint density at radius 2 is 2.00 bits per heavy atom. The number of ether oxygens (including phenoxy) is 1. The molecule has 2 heterocycles. The number of nitrogens with zero attached hydrogens (tertiary/aromatic N) is 1. The summed E-state index contributed by atoms with van der Waals surface area (Å²) < 4.78 is 34.3. The minimum Gasteiger partial charge on any atom is -0.375 e. The second-order valence-corrected chi connectivity index (χ2v) is 9.82. The highest BCUT2D eigenvalue weighted by Crippen LogP contribution is 2.38. The molecule has 1 N–H and O–H groups in total. The van der Waals surface area contributed by atoms with Crippen molar-refractivity contribution in [2.45, 2.75) is 49.3 Å². The predicted molar refractivity (Wildman–Crippen MR) is 97.8 cm³/mol. The van der Waals surface area contributed by atoms with Crippen molar-refractivity contribution < 1.29 is 13.2 Å². The molecule has 0 amide bonds. The standard InChI is InChI=1S/C17H22Cl2N2O3S/c1-10-14(18)4-5-16(17(10)19)25(22,23)20-12-6-13-9-24-15(11-2-3-11)8-21(13)7-12/h4-5,11-13,15,20H,2-3,6-9H2,1H3/t12-,13+,15-/m1/s1. The van der Waals surface area contributed by atoms with E-state index in [-0.39, 0.29) is 16.0 Å². The lowest BCUT2D eigenvalue weighted by Gasteiger charge is -2.35. The van der Waals surface area contributed by atoms with Crippen molar-refractivity contribution in [2.75, 3.05) is 19.7 Å². The Kier molecular flexibility index (Phi) is 4.80. The van der Waals surface area contributed by atoms with E-state index in [1.165, 1.54) is 18.9 Å². The summed E-state index contributed by atoms with van der Waals surface area (Å²) in [6.07, 6.45) is 3.60. The van der Waals surface area contributed by atoms with Gasteiger partial charge < -0.3 is 4.74 Å². The summed E-state index contributed by atoms with van der Waals surface area (Å²) in [5.41, 5.74) is 0.579. The van der Waals surface area contributed by atoms with Gasteiger partial charge in [-0.25, -0.2) is 13.1 Å². The number of sulfonamides is 1. The minimum atomic E-state index is -3.68. The van der Waals surface area contributed by atoms with E-state index in [2.05, 4.69) is 9.62 Å². The highest BCUT2D eigenvalue weighted by molar-refractivity contribution is 7.89. The van der Waals surface area contributed by atoms with E-state index in [1.807, 2.05) is 0 Å². The second kappa shape index (κ2) is 6.66. The first-order chi connectivity index (χ1) is 11.8. The zero-order chi connectivity index (χ0) is 17.8. The Balaban J connectivity index is 1.46. The van der Waals surface area contributed by atoms with Gasteiger partial charge >= 0.3 is 0 Å². The van der Waals surface area contributed by atoms with Crippen molar-refractivity contribution in [3.8, 4) is 0 Å². The molecule has 1 aromatic rings. The fourth-order valence-corrected chi connectivity index (χ4v) is 5.91. The van der Waals surface area contributed by atoms with Gasteiger partial charge in [0, 0.05) is 30.2 Å². The lowest BCUT2D eigenvalue weighted by molar-refractivity contribution is -0.0581.